The Labute approximate surface area is 210 Å². The van der Waals surface area contributed by atoms with Crippen molar-refractivity contribution in [3.63, 3.8) is 0 Å². The number of aliphatic hydroxyl groups excluding tert-OH is 2. The first-order valence-corrected chi connectivity index (χ1v) is 15.0. The van der Waals surface area contributed by atoms with Crippen LogP contribution in [-0.2, 0) is 0 Å². The van der Waals surface area contributed by atoms with Crippen LogP contribution in [0, 0.1) is 46.3 Å². The minimum absolute atomic E-state index is 0.0308. The zero-order valence-corrected chi connectivity index (χ0v) is 22.8. The maximum absolute atomic E-state index is 9.87. The van der Waals surface area contributed by atoms with Gasteiger partial charge in [-0.15, -0.1) is 0 Å². The summed E-state index contributed by atoms with van der Waals surface area (Å²) in [5.41, 5.74) is 1.06. The highest BCUT2D eigenvalue weighted by Crippen LogP contribution is 2.61. The van der Waals surface area contributed by atoms with Gasteiger partial charge in [-0.3, -0.25) is 5.32 Å². The summed E-state index contributed by atoms with van der Waals surface area (Å²) < 4.78 is 0. The van der Waals surface area contributed by atoms with Gasteiger partial charge in [-0.2, -0.15) is 0 Å². The van der Waals surface area contributed by atoms with Crippen LogP contribution in [0.25, 0.3) is 0 Å². The molecule has 4 aliphatic carbocycles. The van der Waals surface area contributed by atoms with E-state index in [0.717, 1.165) is 48.6 Å². The first-order valence-electron chi connectivity index (χ1n) is 15.0. The number of unbranched alkanes of at least 4 members (excludes halogenated alkanes) is 3. The van der Waals surface area contributed by atoms with E-state index in [4.69, 9.17) is 5.11 Å². The van der Waals surface area contributed by atoms with Crippen LogP contribution in [0.4, 0.5) is 0 Å². The second-order valence-electron chi connectivity index (χ2n) is 13.8. The predicted molar refractivity (Wildman–Crippen MR) is 141 cm³/mol. The second-order valence-corrected chi connectivity index (χ2v) is 13.8. The van der Waals surface area contributed by atoms with Crippen LogP contribution in [0.2, 0.25) is 0 Å². The van der Waals surface area contributed by atoms with Crippen LogP contribution in [-0.4, -0.2) is 42.2 Å². The predicted octanol–water partition coefficient (Wildman–Crippen LogP) is 5.72. The summed E-state index contributed by atoms with van der Waals surface area (Å²) in [5, 5.41) is 25.9. The van der Waals surface area contributed by atoms with Crippen LogP contribution < -0.4 is 10.6 Å². The van der Waals surface area contributed by atoms with E-state index >= 15 is 0 Å². The zero-order chi connectivity index (χ0) is 24.3. The normalized spacial score (nSPS) is 36.9. The van der Waals surface area contributed by atoms with Crippen LogP contribution >= 0.6 is 0 Å². The van der Waals surface area contributed by atoms with Crippen molar-refractivity contribution in [2.75, 3.05) is 19.7 Å². The maximum Gasteiger partial charge on any atom is 0.107 e. The van der Waals surface area contributed by atoms with Gasteiger partial charge in [0.05, 0.1) is 0 Å². The van der Waals surface area contributed by atoms with E-state index in [1.54, 1.807) is 0 Å². The summed E-state index contributed by atoms with van der Waals surface area (Å²) in [5.74, 6) is 5.66. The Hall–Kier alpha value is -0.160. The van der Waals surface area contributed by atoms with E-state index in [2.05, 4.69) is 38.3 Å². The third-order valence-electron chi connectivity index (χ3n) is 11.5. The lowest BCUT2D eigenvalue weighted by atomic mass is 9.65. The van der Waals surface area contributed by atoms with Crippen molar-refractivity contribution in [2.45, 2.75) is 123 Å². The third-order valence-corrected chi connectivity index (χ3v) is 11.5. The number of rotatable bonds is 15. The number of hydrogen-bond donors (Lipinski definition) is 4. The number of nitrogens with one attached hydrogen (secondary N) is 2. The van der Waals surface area contributed by atoms with Crippen molar-refractivity contribution in [2.24, 2.45) is 46.3 Å². The summed E-state index contributed by atoms with van der Waals surface area (Å²) >= 11 is 0. The molecule has 4 saturated carbocycles. The van der Waals surface area contributed by atoms with Crippen LogP contribution in [0.5, 0.6) is 0 Å². The van der Waals surface area contributed by atoms with E-state index < -0.39 is 6.23 Å². The molecule has 4 nitrogen and oxygen atoms in total. The van der Waals surface area contributed by atoms with Gasteiger partial charge in [0.25, 0.3) is 0 Å². The molecule has 0 aliphatic heterocycles. The van der Waals surface area contributed by atoms with E-state index in [1.165, 1.54) is 77.0 Å². The third kappa shape index (κ3) is 5.71. The molecule has 0 aromatic rings. The van der Waals surface area contributed by atoms with Gasteiger partial charge in [-0.05, 0) is 97.7 Å². The summed E-state index contributed by atoms with van der Waals surface area (Å²) in [6.45, 7) is 11.9. The number of aliphatic hydroxyl groups is 2. The Morgan fingerprint density at radius 3 is 2.06 bits per heavy atom. The SMILES string of the molecule is CC1(C)C2CCC(C2)C1CCCCCCC(NCCNC(O)CCO)C1C2CCC(C2)C1(C)C. The molecule has 4 aliphatic rings. The highest BCUT2D eigenvalue weighted by atomic mass is 16.3. The lowest BCUT2D eigenvalue weighted by Gasteiger charge is -2.43. The Bertz CT molecular complexity index is 635. The minimum atomic E-state index is -0.593. The Morgan fingerprint density at radius 2 is 1.41 bits per heavy atom. The van der Waals surface area contributed by atoms with Crippen molar-refractivity contribution in [3.8, 4) is 0 Å². The van der Waals surface area contributed by atoms with Gasteiger partial charge >= 0.3 is 0 Å². The molecule has 0 aromatic carbocycles. The Kier molecular flexibility index (Phi) is 9.08. The molecule has 4 bridgehead atoms. The Balaban J connectivity index is 1.20. The van der Waals surface area contributed by atoms with Gasteiger partial charge < -0.3 is 15.5 Å². The Morgan fingerprint density at radius 1 is 0.765 bits per heavy atom. The zero-order valence-electron chi connectivity index (χ0n) is 22.8. The molecule has 0 heterocycles. The highest BCUT2D eigenvalue weighted by molar-refractivity contribution is 5.05. The summed E-state index contributed by atoms with van der Waals surface area (Å²) in [4.78, 5) is 0. The molecule has 0 radical (unpaired) electrons. The molecule has 8 atom stereocenters. The van der Waals surface area contributed by atoms with Crippen LogP contribution in [0.1, 0.15) is 111 Å². The lowest BCUT2D eigenvalue weighted by Crippen LogP contribution is -2.48. The number of hydrogen-bond acceptors (Lipinski definition) is 4. The fourth-order valence-corrected chi connectivity index (χ4v) is 9.53. The molecule has 0 saturated heterocycles. The molecule has 8 unspecified atom stereocenters. The first-order chi connectivity index (χ1) is 16.2. The highest BCUT2D eigenvalue weighted by Gasteiger charge is 2.55. The van der Waals surface area contributed by atoms with Gasteiger partial charge in [0.1, 0.15) is 6.23 Å². The van der Waals surface area contributed by atoms with Crippen molar-refractivity contribution in [3.05, 3.63) is 0 Å². The summed E-state index contributed by atoms with van der Waals surface area (Å²) in [6.07, 6.45) is 17.0. The molecule has 4 heteroatoms. The van der Waals surface area contributed by atoms with Gasteiger partial charge in [-0.25, -0.2) is 0 Å². The minimum Gasteiger partial charge on any atom is -0.396 e. The molecular formula is C30H56N2O2. The van der Waals surface area contributed by atoms with E-state index in [9.17, 15) is 5.11 Å². The summed E-state index contributed by atoms with van der Waals surface area (Å²) in [7, 11) is 0. The summed E-state index contributed by atoms with van der Waals surface area (Å²) in [6, 6.07) is 0.603. The molecule has 0 aromatic heterocycles. The molecule has 198 valence electrons. The van der Waals surface area contributed by atoms with Crippen molar-refractivity contribution in [1.29, 1.82) is 0 Å². The average Bonchev–Trinajstić information content (AvgIpc) is 3.53. The second kappa shape index (κ2) is 11.5. The molecule has 0 spiro atoms. The average molecular weight is 477 g/mol. The van der Waals surface area contributed by atoms with E-state index in [-0.39, 0.29) is 6.61 Å². The fourth-order valence-electron chi connectivity index (χ4n) is 9.53. The van der Waals surface area contributed by atoms with Crippen molar-refractivity contribution < 1.29 is 10.2 Å². The smallest absolute Gasteiger partial charge is 0.107 e. The van der Waals surface area contributed by atoms with Crippen molar-refractivity contribution >= 4 is 0 Å². The standard InChI is InChI=1S/C30H56N2O2/c1-29(2)23-13-11-21(19-23)25(29)9-7-5-6-8-10-26(31-16-17-32-27(34)15-18-33)28-22-12-14-24(20-22)30(28,3)4/h21-28,31-34H,5-20H2,1-4H3. The van der Waals surface area contributed by atoms with Crippen LogP contribution in [0.3, 0.4) is 0 Å². The van der Waals surface area contributed by atoms with E-state index in [0.29, 0.717) is 23.3 Å². The molecule has 4 fully saturated rings. The molecule has 34 heavy (non-hydrogen) atoms. The lowest BCUT2D eigenvalue weighted by molar-refractivity contribution is 0.0783. The molecular weight excluding hydrogens is 420 g/mol. The van der Waals surface area contributed by atoms with Crippen LogP contribution in [0.15, 0.2) is 0 Å². The number of fused-ring (bicyclic) bond motifs is 4. The molecule has 4 N–H and O–H groups in total. The quantitative estimate of drug-likeness (QED) is 0.180. The topological polar surface area (TPSA) is 64.5 Å². The fraction of sp³-hybridized carbons (Fsp3) is 1.00. The van der Waals surface area contributed by atoms with E-state index in [1.807, 2.05) is 0 Å². The largest absolute Gasteiger partial charge is 0.396 e. The van der Waals surface area contributed by atoms with Gasteiger partial charge in [0.2, 0.25) is 0 Å². The molecule has 0 amide bonds. The van der Waals surface area contributed by atoms with Gasteiger partial charge in [-0.1, -0.05) is 53.4 Å². The van der Waals surface area contributed by atoms with Gasteiger partial charge in [0, 0.05) is 32.2 Å². The first kappa shape index (κ1) is 26.9. The molecule has 4 rings (SSSR count). The van der Waals surface area contributed by atoms with Crippen molar-refractivity contribution in [1.82, 2.24) is 10.6 Å². The monoisotopic (exact) mass is 476 g/mol. The maximum atomic E-state index is 9.87. The van der Waals surface area contributed by atoms with Gasteiger partial charge in [0.15, 0.2) is 0 Å².